The SMILES string of the molecule is O=C1[C@H]2C(c3ccccc3Cl)=NO[C@@H]2C(=O)N1c1ccc(Cl)cc1Cl. The highest BCUT2D eigenvalue weighted by molar-refractivity contribution is 6.41. The lowest BCUT2D eigenvalue weighted by molar-refractivity contribution is -0.126. The topological polar surface area (TPSA) is 59.0 Å². The molecule has 2 aliphatic rings. The summed E-state index contributed by atoms with van der Waals surface area (Å²) in [4.78, 5) is 31.9. The predicted molar refractivity (Wildman–Crippen MR) is 95.3 cm³/mol. The van der Waals surface area contributed by atoms with Crippen molar-refractivity contribution < 1.29 is 14.4 Å². The van der Waals surface area contributed by atoms with Gasteiger partial charge in [-0.1, -0.05) is 58.2 Å². The van der Waals surface area contributed by atoms with Gasteiger partial charge >= 0.3 is 0 Å². The number of hydrogen-bond donors (Lipinski definition) is 0. The zero-order chi connectivity index (χ0) is 17.7. The molecule has 0 radical (unpaired) electrons. The first kappa shape index (κ1) is 16.4. The molecule has 2 heterocycles. The quantitative estimate of drug-likeness (QED) is 0.724. The number of carbonyl (C=O) groups is 2. The van der Waals surface area contributed by atoms with Crippen LogP contribution in [0.1, 0.15) is 5.56 Å². The Labute approximate surface area is 157 Å². The first-order valence-corrected chi connectivity index (χ1v) is 8.44. The Balaban J connectivity index is 1.75. The Morgan fingerprint density at radius 1 is 0.960 bits per heavy atom. The lowest BCUT2D eigenvalue weighted by atomic mass is 9.94. The van der Waals surface area contributed by atoms with Gasteiger partial charge in [0.05, 0.1) is 10.7 Å². The number of anilines is 1. The average Bonchev–Trinajstić information content (AvgIpc) is 3.10. The molecule has 0 bridgehead atoms. The van der Waals surface area contributed by atoms with Crippen molar-refractivity contribution in [2.24, 2.45) is 11.1 Å². The van der Waals surface area contributed by atoms with Crippen LogP contribution >= 0.6 is 34.8 Å². The third-order valence-electron chi connectivity index (χ3n) is 4.11. The van der Waals surface area contributed by atoms with Gasteiger partial charge < -0.3 is 4.84 Å². The van der Waals surface area contributed by atoms with Crippen LogP contribution in [0.25, 0.3) is 0 Å². The maximum absolute atomic E-state index is 12.9. The normalized spacial score (nSPS) is 22.0. The van der Waals surface area contributed by atoms with Crippen LogP contribution in [0.4, 0.5) is 5.69 Å². The Morgan fingerprint density at radius 2 is 1.72 bits per heavy atom. The molecule has 2 atom stereocenters. The third-order valence-corrected chi connectivity index (χ3v) is 4.98. The fourth-order valence-corrected chi connectivity index (χ4v) is 3.69. The molecule has 2 aromatic carbocycles. The highest BCUT2D eigenvalue weighted by atomic mass is 35.5. The minimum Gasteiger partial charge on any atom is -0.381 e. The number of fused-ring (bicyclic) bond motifs is 1. The van der Waals surface area contributed by atoms with E-state index in [2.05, 4.69) is 5.16 Å². The molecule has 2 aliphatic heterocycles. The molecule has 0 aromatic heterocycles. The Morgan fingerprint density at radius 3 is 2.44 bits per heavy atom. The predicted octanol–water partition coefficient (Wildman–Crippen LogP) is 3.94. The second kappa shape index (κ2) is 6.02. The van der Waals surface area contributed by atoms with E-state index in [0.29, 0.717) is 21.3 Å². The molecule has 126 valence electrons. The lowest BCUT2D eigenvalue weighted by Crippen LogP contribution is -2.33. The number of nitrogens with zero attached hydrogens (tertiary/aromatic N) is 2. The molecule has 1 saturated heterocycles. The Hall–Kier alpha value is -2.08. The molecule has 0 unspecified atom stereocenters. The van der Waals surface area contributed by atoms with Gasteiger partial charge in [0.25, 0.3) is 5.91 Å². The standard InChI is InChI=1S/C17H9Cl3N2O3/c18-8-5-6-12(11(20)7-8)22-16(23)13-14(21-25-15(13)17(22)24)9-3-1-2-4-10(9)19/h1-7,13,15H/t13-,15-/m0/s1. The second-order valence-electron chi connectivity index (χ2n) is 5.57. The van der Waals surface area contributed by atoms with Gasteiger partial charge in [-0.05, 0) is 24.3 Å². The van der Waals surface area contributed by atoms with Crippen molar-refractivity contribution in [2.75, 3.05) is 4.90 Å². The van der Waals surface area contributed by atoms with Gasteiger partial charge in [-0.15, -0.1) is 0 Å². The molecule has 1 fully saturated rings. The van der Waals surface area contributed by atoms with Crippen molar-refractivity contribution in [2.45, 2.75) is 6.10 Å². The summed E-state index contributed by atoms with van der Waals surface area (Å²) in [5, 5.41) is 4.96. The maximum atomic E-state index is 12.9. The fraction of sp³-hybridized carbons (Fsp3) is 0.118. The van der Waals surface area contributed by atoms with Crippen LogP contribution in [0, 0.1) is 5.92 Å². The summed E-state index contributed by atoms with van der Waals surface area (Å²) in [7, 11) is 0. The van der Waals surface area contributed by atoms with Crippen LogP contribution in [0.15, 0.2) is 47.6 Å². The van der Waals surface area contributed by atoms with Crippen molar-refractivity contribution in [3.05, 3.63) is 63.1 Å². The molecule has 0 spiro atoms. The van der Waals surface area contributed by atoms with Gasteiger partial charge in [0, 0.05) is 15.6 Å². The molecule has 4 rings (SSSR count). The zero-order valence-corrected chi connectivity index (χ0v) is 14.7. The maximum Gasteiger partial charge on any atom is 0.279 e. The van der Waals surface area contributed by atoms with Crippen LogP contribution in [0.3, 0.4) is 0 Å². The zero-order valence-electron chi connectivity index (χ0n) is 12.4. The summed E-state index contributed by atoms with van der Waals surface area (Å²) in [5.74, 6) is -1.85. The van der Waals surface area contributed by atoms with E-state index in [1.165, 1.54) is 12.1 Å². The molecule has 0 N–H and O–H groups in total. The summed E-state index contributed by atoms with van der Waals surface area (Å²) in [5.41, 5.74) is 1.15. The van der Waals surface area contributed by atoms with Crippen molar-refractivity contribution in [3.8, 4) is 0 Å². The second-order valence-corrected chi connectivity index (χ2v) is 6.82. The average molecular weight is 396 g/mol. The van der Waals surface area contributed by atoms with Crippen LogP contribution < -0.4 is 4.90 Å². The van der Waals surface area contributed by atoms with Crippen LogP contribution in [0.2, 0.25) is 15.1 Å². The number of hydrogen-bond acceptors (Lipinski definition) is 4. The van der Waals surface area contributed by atoms with Crippen LogP contribution in [-0.2, 0) is 14.4 Å². The summed E-state index contributed by atoms with van der Waals surface area (Å²) < 4.78 is 0. The van der Waals surface area contributed by atoms with Crippen LogP contribution in [0.5, 0.6) is 0 Å². The molecule has 5 nitrogen and oxygen atoms in total. The molecular formula is C17H9Cl3N2O3. The number of carbonyl (C=O) groups excluding carboxylic acids is 2. The minimum atomic E-state index is -1.02. The largest absolute Gasteiger partial charge is 0.381 e. The number of amides is 2. The van der Waals surface area contributed by atoms with Gasteiger partial charge in [-0.2, -0.15) is 0 Å². The van der Waals surface area contributed by atoms with E-state index in [1.807, 2.05) is 0 Å². The Bertz CT molecular complexity index is 944. The van der Waals surface area contributed by atoms with E-state index >= 15 is 0 Å². The first-order chi connectivity index (χ1) is 12.0. The van der Waals surface area contributed by atoms with E-state index in [0.717, 1.165) is 4.90 Å². The molecular weight excluding hydrogens is 387 g/mol. The third kappa shape index (κ3) is 2.51. The summed E-state index contributed by atoms with van der Waals surface area (Å²) in [6, 6.07) is 11.5. The first-order valence-electron chi connectivity index (χ1n) is 7.30. The van der Waals surface area contributed by atoms with E-state index in [-0.39, 0.29) is 10.7 Å². The Kier molecular flexibility index (Phi) is 3.95. The van der Waals surface area contributed by atoms with Crippen molar-refractivity contribution >= 4 is 58.0 Å². The highest BCUT2D eigenvalue weighted by Crippen LogP contribution is 2.39. The summed E-state index contributed by atoms with van der Waals surface area (Å²) in [6.45, 7) is 0. The van der Waals surface area contributed by atoms with Gasteiger partial charge in [0.2, 0.25) is 12.0 Å². The summed E-state index contributed by atoms with van der Waals surface area (Å²) in [6.07, 6.45) is -1.02. The number of benzene rings is 2. The summed E-state index contributed by atoms with van der Waals surface area (Å²) >= 11 is 18.2. The smallest absolute Gasteiger partial charge is 0.279 e. The molecule has 2 aromatic rings. The van der Waals surface area contributed by atoms with E-state index in [9.17, 15) is 9.59 Å². The molecule has 2 amide bonds. The highest BCUT2D eigenvalue weighted by Gasteiger charge is 2.56. The van der Waals surface area contributed by atoms with Gasteiger partial charge in [-0.3, -0.25) is 9.59 Å². The van der Waals surface area contributed by atoms with Gasteiger partial charge in [0.15, 0.2) is 0 Å². The van der Waals surface area contributed by atoms with Crippen LogP contribution in [-0.4, -0.2) is 23.6 Å². The van der Waals surface area contributed by atoms with E-state index in [4.69, 9.17) is 39.6 Å². The van der Waals surface area contributed by atoms with E-state index < -0.39 is 23.8 Å². The van der Waals surface area contributed by atoms with E-state index in [1.54, 1.807) is 30.3 Å². The monoisotopic (exact) mass is 394 g/mol. The van der Waals surface area contributed by atoms with Gasteiger partial charge in [-0.25, -0.2) is 4.90 Å². The molecule has 25 heavy (non-hydrogen) atoms. The molecule has 0 saturated carbocycles. The van der Waals surface area contributed by atoms with Gasteiger partial charge in [0.1, 0.15) is 11.6 Å². The lowest BCUT2D eigenvalue weighted by Gasteiger charge is -2.17. The van der Waals surface area contributed by atoms with Crippen molar-refractivity contribution in [1.29, 1.82) is 0 Å². The van der Waals surface area contributed by atoms with Crippen molar-refractivity contribution in [1.82, 2.24) is 0 Å². The number of rotatable bonds is 2. The number of halogens is 3. The fourth-order valence-electron chi connectivity index (χ4n) is 2.97. The molecule has 0 aliphatic carbocycles. The minimum absolute atomic E-state index is 0.199. The number of oxime groups is 1. The number of imide groups is 1. The van der Waals surface area contributed by atoms with Crippen molar-refractivity contribution in [3.63, 3.8) is 0 Å². The molecule has 8 heteroatoms.